The summed E-state index contributed by atoms with van der Waals surface area (Å²) < 4.78 is 11.0. The molecule has 110 valence electrons. The average molecular weight is 293 g/mol. The minimum absolute atomic E-state index is 0.0940. The van der Waals surface area contributed by atoms with Gasteiger partial charge in [0.15, 0.2) is 0 Å². The van der Waals surface area contributed by atoms with Gasteiger partial charge in [0.1, 0.15) is 23.1 Å². The molecule has 0 bridgehead atoms. The molecule has 0 spiro atoms. The van der Waals surface area contributed by atoms with Gasteiger partial charge in [-0.25, -0.2) is 0 Å². The first-order valence-corrected chi connectivity index (χ1v) is 6.75. The normalized spacial score (nSPS) is 16.5. The summed E-state index contributed by atoms with van der Waals surface area (Å²) in [4.78, 5) is 0. The molecule has 5 heteroatoms. The van der Waals surface area contributed by atoms with Gasteiger partial charge in [-0.15, -0.1) is 0 Å². The Morgan fingerprint density at radius 3 is 2.64 bits per heavy atom. The first-order valence-electron chi connectivity index (χ1n) is 6.75. The molecule has 1 atom stereocenters. The Morgan fingerprint density at radius 1 is 1.14 bits per heavy atom. The van der Waals surface area contributed by atoms with Gasteiger partial charge in [0, 0.05) is 22.9 Å². The lowest BCUT2D eigenvalue weighted by Crippen LogP contribution is -2.21. The second kappa shape index (κ2) is 5.34. The summed E-state index contributed by atoms with van der Waals surface area (Å²) in [5.41, 5.74) is 14.4. The lowest BCUT2D eigenvalue weighted by atomic mass is 9.83. The van der Waals surface area contributed by atoms with E-state index >= 15 is 0 Å². The summed E-state index contributed by atoms with van der Waals surface area (Å²) in [6, 6.07) is 15.0. The van der Waals surface area contributed by atoms with Gasteiger partial charge in [0.25, 0.3) is 0 Å². The van der Waals surface area contributed by atoms with Crippen LogP contribution < -0.4 is 20.9 Å². The number of methoxy groups -OCH3 is 1. The molecule has 4 N–H and O–H groups in total. The second-order valence-electron chi connectivity index (χ2n) is 4.96. The summed E-state index contributed by atoms with van der Waals surface area (Å²) in [5.74, 6) is 1.01. The predicted octanol–water partition coefficient (Wildman–Crippen LogP) is 2.50. The van der Waals surface area contributed by atoms with E-state index in [1.165, 1.54) is 0 Å². The average Bonchev–Trinajstić information content (AvgIpc) is 2.53. The van der Waals surface area contributed by atoms with E-state index < -0.39 is 0 Å². The van der Waals surface area contributed by atoms with E-state index in [-0.39, 0.29) is 11.8 Å². The van der Waals surface area contributed by atoms with E-state index in [0.717, 1.165) is 11.1 Å². The van der Waals surface area contributed by atoms with Gasteiger partial charge < -0.3 is 20.9 Å². The molecule has 1 aliphatic rings. The molecule has 0 saturated carbocycles. The number of nitrogens with zero attached hydrogens (tertiary/aromatic N) is 1. The van der Waals surface area contributed by atoms with Crippen LogP contribution in [0.15, 0.2) is 53.9 Å². The smallest absolute Gasteiger partial charge is 0.205 e. The molecular formula is C17H15N3O2. The number of hydrogen-bond acceptors (Lipinski definition) is 5. The van der Waals surface area contributed by atoms with E-state index in [1.54, 1.807) is 19.2 Å². The Kier molecular flexibility index (Phi) is 3.36. The van der Waals surface area contributed by atoms with Crippen LogP contribution in [0, 0.1) is 11.3 Å². The van der Waals surface area contributed by atoms with E-state index in [2.05, 4.69) is 6.07 Å². The highest BCUT2D eigenvalue weighted by Crippen LogP contribution is 2.45. The van der Waals surface area contributed by atoms with Crippen molar-refractivity contribution in [1.82, 2.24) is 0 Å². The van der Waals surface area contributed by atoms with Gasteiger partial charge >= 0.3 is 0 Å². The van der Waals surface area contributed by atoms with Crippen LogP contribution in [0.4, 0.5) is 5.69 Å². The van der Waals surface area contributed by atoms with Gasteiger partial charge in [-0.2, -0.15) is 5.26 Å². The number of fused-ring (bicyclic) bond motifs is 1. The van der Waals surface area contributed by atoms with Crippen molar-refractivity contribution in [2.75, 3.05) is 12.8 Å². The molecule has 3 rings (SSSR count). The van der Waals surface area contributed by atoms with Gasteiger partial charge in [0.2, 0.25) is 5.88 Å². The van der Waals surface area contributed by atoms with Crippen LogP contribution in [-0.2, 0) is 0 Å². The first-order chi connectivity index (χ1) is 10.7. The standard InChI is InChI=1S/C17H15N3O2/c1-21-14-5-3-2-4-11(14)16-12-7-6-10(19)8-15(12)22-17(20)13(16)9-18/h2-8,16H,19-20H2,1H3/t16-/m1/s1. The molecule has 2 aromatic rings. The number of anilines is 1. The van der Waals surface area contributed by atoms with Gasteiger partial charge in [0.05, 0.1) is 13.0 Å². The quantitative estimate of drug-likeness (QED) is 0.830. The number of allylic oxidation sites excluding steroid dienone is 1. The van der Waals surface area contributed by atoms with E-state index in [9.17, 15) is 5.26 Å². The molecule has 0 aromatic heterocycles. The Bertz CT molecular complexity index is 806. The Balaban J connectivity index is 2.26. The fraction of sp³-hybridized carbons (Fsp3) is 0.118. The zero-order valence-electron chi connectivity index (χ0n) is 12.0. The lowest BCUT2D eigenvalue weighted by Gasteiger charge is -2.27. The van der Waals surface area contributed by atoms with Crippen LogP contribution in [0.1, 0.15) is 17.0 Å². The highest BCUT2D eigenvalue weighted by atomic mass is 16.5. The second-order valence-corrected chi connectivity index (χ2v) is 4.96. The summed E-state index contributed by atoms with van der Waals surface area (Å²) in [5, 5.41) is 9.50. The number of ether oxygens (including phenoxy) is 2. The first kappa shape index (κ1) is 13.8. The maximum atomic E-state index is 9.50. The lowest BCUT2D eigenvalue weighted by molar-refractivity contribution is 0.387. The summed E-state index contributed by atoms with van der Waals surface area (Å²) in [7, 11) is 1.60. The Morgan fingerprint density at radius 2 is 1.91 bits per heavy atom. The van der Waals surface area contributed by atoms with Crippen LogP contribution in [0.25, 0.3) is 0 Å². The topological polar surface area (TPSA) is 94.3 Å². The van der Waals surface area contributed by atoms with E-state index in [4.69, 9.17) is 20.9 Å². The van der Waals surface area contributed by atoms with Gasteiger partial charge in [-0.3, -0.25) is 0 Å². The molecule has 0 radical (unpaired) electrons. The number of benzene rings is 2. The van der Waals surface area contributed by atoms with Crippen molar-refractivity contribution in [1.29, 1.82) is 5.26 Å². The number of rotatable bonds is 2. The molecule has 1 heterocycles. The molecule has 0 fully saturated rings. The van der Waals surface area contributed by atoms with Crippen molar-refractivity contribution in [2.24, 2.45) is 5.73 Å². The highest BCUT2D eigenvalue weighted by Gasteiger charge is 2.32. The number of nitrogen functional groups attached to an aromatic ring is 1. The zero-order chi connectivity index (χ0) is 15.7. The summed E-state index contributed by atoms with van der Waals surface area (Å²) in [6.45, 7) is 0. The van der Waals surface area contributed by atoms with Crippen molar-refractivity contribution in [3.8, 4) is 17.6 Å². The van der Waals surface area contributed by atoms with Crippen molar-refractivity contribution in [3.05, 3.63) is 65.0 Å². The minimum Gasteiger partial charge on any atom is -0.496 e. The van der Waals surface area contributed by atoms with Gasteiger partial charge in [-0.1, -0.05) is 24.3 Å². The van der Waals surface area contributed by atoms with Crippen molar-refractivity contribution in [3.63, 3.8) is 0 Å². The largest absolute Gasteiger partial charge is 0.496 e. The summed E-state index contributed by atoms with van der Waals surface area (Å²) in [6.07, 6.45) is 0. The minimum atomic E-state index is -0.342. The predicted molar refractivity (Wildman–Crippen MR) is 83.1 cm³/mol. The van der Waals surface area contributed by atoms with Gasteiger partial charge in [-0.05, 0) is 12.1 Å². The molecule has 5 nitrogen and oxygen atoms in total. The third-order valence-electron chi connectivity index (χ3n) is 3.69. The van der Waals surface area contributed by atoms with Crippen LogP contribution in [0.3, 0.4) is 0 Å². The Labute approximate surface area is 128 Å². The van der Waals surface area contributed by atoms with Crippen molar-refractivity contribution in [2.45, 2.75) is 5.92 Å². The van der Waals surface area contributed by atoms with Crippen LogP contribution in [0.2, 0.25) is 0 Å². The third-order valence-corrected chi connectivity index (χ3v) is 3.69. The number of hydrogen-bond donors (Lipinski definition) is 2. The van der Waals surface area contributed by atoms with Crippen LogP contribution >= 0.6 is 0 Å². The SMILES string of the molecule is COc1ccccc1[C@H]1C(C#N)=C(N)Oc2cc(N)ccc21. The fourth-order valence-electron chi connectivity index (χ4n) is 2.70. The van der Waals surface area contributed by atoms with Crippen molar-refractivity contribution < 1.29 is 9.47 Å². The fourth-order valence-corrected chi connectivity index (χ4v) is 2.70. The van der Waals surface area contributed by atoms with Crippen LogP contribution in [0.5, 0.6) is 11.5 Å². The van der Waals surface area contributed by atoms with E-state index in [0.29, 0.717) is 22.8 Å². The molecule has 0 saturated heterocycles. The highest BCUT2D eigenvalue weighted by molar-refractivity contribution is 5.61. The third kappa shape index (κ3) is 2.11. The summed E-state index contributed by atoms with van der Waals surface area (Å²) >= 11 is 0. The number of nitriles is 1. The Hall–Kier alpha value is -3.13. The molecule has 2 aromatic carbocycles. The molecule has 0 amide bonds. The molecular weight excluding hydrogens is 278 g/mol. The van der Waals surface area contributed by atoms with E-state index in [1.807, 2.05) is 30.3 Å². The molecule has 0 aliphatic carbocycles. The van der Waals surface area contributed by atoms with Crippen molar-refractivity contribution >= 4 is 5.69 Å². The maximum absolute atomic E-state index is 9.50. The maximum Gasteiger partial charge on any atom is 0.205 e. The number of nitrogens with two attached hydrogens (primary N) is 2. The van der Waals surface area contributed by atoms with Crippen LogP contribution in [-0.4, -0.2) is 7.11 Å². The number of para-hydroxylation sites is 1. The zero-order valence-corrected chi connectivity index (χ0v) is 12.0. The monoisotopic (exact) mass is 293 g/mol. The molecule has 0 unspecified atom stereocenters. The molecule has 22 heavy (non-hydrogen) atoms. The molecule has 1 aliphatic heterocycles.